The van der Waals surface area contributed by atoms with Gasteiger partial charge in [0.25, 0.3) is 0 Å². The van der Waals surface area contributed by atoms with Crippen molar-refractivity contribution in [3.63, 3.8) is 0 Å². The second kappa shape index (κ2) is 6.45. The molecule has 9 heteroatoms. The van der Waals surface area contributed by atoms with E-state index in [0.29, 0.717) is 5.02 Å². The maximum Gasteiger partial charge on any atom is 0.420 e. The van der Waals surface area contributed by atoms with Crippen LogP contribution in [0.25, 0.3) is 11.3 Å². The maximum atomic E-state index is 13.4. The Kier molecular flexibility index (Phi) is 4.33. The van der Waals surface area contributed by atoms with Crippen LogP contribution in [0.1, 0.15) is 11.3 Å². The fourth-order valence-corrected chi connectivity index (χ4v) is 2.25. The first-order valence-electron chi connectivity index (χ1n) is 6.84. The molecule has 1 aromatic heterocycles. The third kappa shape index (κ3) is 3.56. The molecule has 0 aliphatic rings. The minimum Gasteiger partial charge on any atom is -0.457 e. The lowest BCUT2D eigenvalue weighted by molar-refractivity contribution is -0.138. The van der Waals surface area contributed by atoms with Crippen molar-refractivity contribution < 1.29 is 17.9 Å². The minimum absolute atomic E-state index is 0.0282. The number of alkyl halides is 3. The Balaban J connectivity index is 2.04. The molecular formula is C16H8ClF3N4O. The van der Waals surface area contributed by atoms with Crippen LogP contribution in [0.5, 0.6) is 11.5 Å². The standard InChI is InChI=1S/C16H8ClF3N4O/c17-10-2-4-11(5-3-10)25-14-6-1-9(7-12(14)16(18,19)20)15-13(8-21)22-24-23-15/h1-7H,(H,22,23,24). The summed E-state index contributed by atoms with van der Waals surface area (Å²) in [7, 11) is 0. The van der Waals surface area contributed by atoms with E-state index in [1.54, 1.807) is 6.07 Å². The number of ether oxygens (including phenoxy) is 1. The van der Waals surface area contributed by atoms with Gasteiger partial charge in [0.2, 0.25) is 0 Å². The van der Waals surface area contributed by atoms with Crippen LogP contribution < -0.4 is 4.74 Å². The van der Waals surface area contributed by atoms with E-state index in [2.05, 4.69) is 15.4 Å². The normalized spacial score (nSPS) is 11.2. The first-order chi connectivity index (χ1) is 11.9. The van der Waals surface area contributed by atoms with Crippen molar-refractivity contribution in [3.8, 4) is 28.8 Å². The third-order valence-corrected chi connectivity index (χ3v) is 3.51. The van der Waals surface area contributed by atoms with E-state index < -0.39 is 11.7 Å². The van der Waals surface area contributed by atoms with Gasteiger partial charge in [0.15, 0.2) is 5.69 Å². The van der Waals surface area contributed by atoms with E-state index in [-0.39, 0.29) is 28.5 Å². The first kappa shape index (κ1) is 16.8. The molecular weight excluding hydrogens is 357 g/mol. The maximum absolute atomic E-state index is 13.4. The number of rotatable bonds is 3. The fraction of sp³-hybridized carbons (Fsp3) is 0.0625. The van der Waals surface area contributed by atoms with Gasteiger partial charge in [-0.3, -0.25) is 0 Å². The summed E-state index contributed by atoms with van der Waals surface area (Å²) in [6.07, 6.45) is -4.66. The zero-order chi connectivity index (χ0) is 18.0. The van der Waals surface area contributed by atoms with Crippen LogP contribution in [0.4, 0.5) is 13.2 Å². The Labute approximate surface area is 144 Å². The Morgan fingerprint density at radius 3 is 2.48 bits per heavy atom. The SMILES string of the molecule is N#Cc1[nH]nnc1-c1ccc(Oc2ccc(Cl)cc2)c(C(F)(F)F)c1. The van der Waals surface area contributed by atoms with Crippen LogP contribution >= 0.6 is 11.6 Å². The van der Waals surface area contributed by atoms with Crippen molar-refractivity contribution in [1.82, 2.24) is 15.4 Å². The topological polar surface area (TPSA) is 74.6 Å². The molecule has 2 aromatic carbocycles. The molecule has 0 saturated carbocycles. The van der Waals surface area contributed by atoms with Crippen LogP contribution in [0, 0.1) is 11.3 Å². The highest BCUT2D eigenvalue weighted by Gasteiger charge is 2.35. The molecule has 3 rings (SSSR count). The number of aromatic nitrogens is 3. The fourth-order valence-electron chi connectivity index (χ4n) is 2.13. The molecule has 0 aliphatic carbocycles. The summed E-state index contributed by atoms with van der Waals surface area (Å²) in [5.41, 5.74) is -0.890. The van der Waals surface area contributed by atoms with Gasteiger partial charge in [-0.25, -0.2) is 5.10 Å². The Morgan fingerprint density at radius 2 is 1.84 bits per heavy atom. The van der Waals surface area contributed by atoms with Crippen molar-refractivity contribution in [1.29, 1.82) is 5.26 Å². The van der Waals surface area contributed by atoms with Crippen molar-refractivity contribution >= 4 is 11.6 Å². The van der Waals surface area contributed by atoms with Gasteiger partial charge in [0, 0.05) is 10.6 Å². The Hall–Kier alpha value is -3.05. The molecule has 0 saturated heterocycles. The highest BCUT2D eigenvalue weighted by molar-refractivity contribution is 6.30. The summed E-state index contributed by atoms with van der Waals surface area (Å²) >= 11 is 5.75. The van der Waals surface area contributed by atoms with Crippen molar-refractivity contribution in [3.05, 3.63) is 58.7 Å². The minimum atomic E-state index is -4.66. The monoisotopic (exact) mass is 364 g/mol. The molecule has 126 valence electrons. The van der Waals surface area contributed by atoms with Gasteiger partial charge in [-0.05, 0) is 42.5 Å². The van der Waals surface area contributed by atoms with E-state index in [9.17, 15) is 13.2 Å². The number of hydrogen-bond donors (Lipinski definition) is 1. The summed E-state index contributed by atoms with van der Waals surface area (Å²) in [5.74, 6) is -0.164. The van der Waals surface area contributed by atoms with E-state index in [0.717, 1.165) is 6.07 Å². The number of hydrogen-bond acceptors (Lipinski definition) is 4. The third-order valence-electron chi connectivity index (χ3n) is 3.26. The van der Waals surface area contributed by atoms with Crippen molar-refractivity contribution in [2.75, 3.05) is 0 Å². The lowest BCUT2D eigenvalue weighted by atomic mass is 10.1. The molecule has 0 radical (unpaired) electrons. The molecule has 3 aromatic rings. The average molecular weight is 365 g/mol. The van der Waals surface area contributed by atoms with E-state index >= 15 is 0 Å². The van der Waals surface area contributed by atoms with Crippen molar-refractivity contribution in [2.24, 2.45) is 0 Å². The van der Waals surface area contributed by atoms with Gasteiger partial charge >= 0.3 is 6.18 Å². The smallest absolute Gasteiger partial charge is 0.420 e. The number of halogens is 4. The number of aromatic amines is 1. The lowest BCUT2D eigenvalue weighted by Gasteiger charge is -2.15. The summed E-state index contributed by atoms with van der Waals surface area (Å²) in [4.78, 5) is 0. The summed E-state index contributed by atoms with van der Waals surface area (Å²) in [5, 5.41) is 18.8. The molecule has 25 heavy (non-hydrogen) atoms. The number of nitrogens with zero attached hydrogens (tertiary/aromatic N) is 3. The molecule has 0 amide bonds. The lowest BCUT2D eigenvalue weighted by Crippen LogP contribution is -2.07. The molecule has 5 nitrogen and oxygen atoms in total. The zero-order valence-electron chi connectivity index (χ0n) is 12.3. The Morgan fingerprint density at radius 1 is 1.12 bits per heavy atom. The second-order valence-electron chi connectivity index (χ2n) is 4.91. The number of nitriles is 1. The van der Waals surface area contributed by atoms with Gasteiger partial charge in [0.1, 0.15) is 23.3 Å². The van der Waals surface area contributed by atoms with Gasteiger partial charge in [-0.2, -0.15) is 18.4 Å². The average Bonchev–Trinajstić information content (AvgIpc) is 3.05. The van der Waals surface area contributed by atoms with Crippen LogP contribution in [0.2, 0.25) is 5.02 Å². The summed E-state index contributed by atoms with van der Waals surface area (Å²) in [6, 6.07) is 11.1. The van der Waals surface area contributed by atoms with Gasteiger partial charge < -0.3 is 4.74 Å². The molecule has 0 atom stereocenters. The van der Waals surface area contributed by atoms with Crippen LogP contribution in [-0.2, 0) is 6.18 Å². The van der Waals surface area contributed by atoms with Gasteiger partial charge in [0.05, 0.1) is 5.56 Å². The van der Waals surface area contributed by atoms with Crippen molar-refractivity contribution in [2.45, 2.75) is 6.18 Å². The number of benzene rings is 2. The van der Waals surface area contributed by atoms with E-state index in [1.165, 1.54) is 36.4 Å². The predicted octanol–water partition coefficient (Wildman–Crippen LogP) is 4.81. The van der Waals surface area contributed by atoms with E-state index in [4.69, 9.17) is 21.6 Å². The molecule has 0 aliphatic heterocycles. The van der Waals surface area contributed by atoms with Crippen LogP contribution in [0.15, 0.2) is 42.5 Å². The highest BCUT2D eigenvalue weighted by Crippen LogP contribution is 2.40. The molecule has 1 N–H and O–H groups in total. The summed E-state index contributed by atoms with van der Waals surface area (Å²) in [6.45, 7) is 0. The van der Waals surface area contributed by atoms with Crippen LogP contribution in [0.3, 0.4) is 0 Å². The van der Waals surface area contributed by atoms with Gasteiger partial charge in [-0.15, -0.1) is 5.10 Å². The Bertz CT molecular complexity index is 945. The number of nitrogens with one attached hydrogen (secondary N) is 1. The molecule has 0 spiro atoms. The highest BCUT2D eigenvalue weighted by atomic mass is 35.5. The van der Waals surface area contributed by atoms with Gasteiger partial charge in [-0.1, -0.05) is 16.8 Å². The molecule has 0 bridgehead atoms. The largest absolute Gasteiger partial charge is 0.457 e. The molecule has 0 unspecified atom stereocenters. The second-order valence-corrected chi connectivity index (χ2v) is 5.35. The first-order valence-corrected chi connectivity index (χ1v) is 7.22. The quantitative estimate of drug-likeness (QED) is 0.723. The van der Waals surface area contributed by atoms with Crippen LogP contribution in [-0.4, -0.2) is 15.4 Å². The molecule has 1 heterocycles. The predicted molar refractivity (Wildman–Crippen MR) is 83.1 cm³/mol. The number of H-pyrrole nitrogens is 1. The summed E-state index contributed by atoms with van der Waals surface area (Å²) < 4.78 is 45.6. The molecule has 0 fully saturated rings. The zero-order valence-corrected chi connectivity index (χ0v) is 13.1. The van der Waals surface area contributed by atoms with E-state index in [1.807, 2.05) is 0 Å².